The van der Waals surface area contributed by atoms with Crippen LogP contribution < -0.4 is 30.5 Å². The minimum Gasteiger partial charge on any atom is -0.491 e. The quantitative estimate of drug-likeness (QED) is 0.0758. The molecule has 3 aliphatic rings. The van der Waals surface area contributed by atoms with Crippen LogP contribution in [0.3, 0.4) is 0 Å². The van der Waals surface area contributed by atoms with Crippen LogP contribution in [0.25, 0.3) is 11.3 Å². The van der Waals surface area contributed by atoms with E-state index < -0.39 is 29.1 Å². The highest BCUT2D eigenvalue weighted by molar-refractivity contribution is 7.14. The number of hydrogen-bond donors (Lipinski definition) is 3. The minimum absolute atomic E-state index is 0.0234. The van der Waals surface area contributed by atoms with E-state index in [2.05, 4.69) is 38.1 Å². The number of halogens is 2. The molecule has 4 atom stereocenters. The van der Waals surface area contributed by atoms with Gasteiger partial charge in [0.15, 0.2) is 16.7 Å². The van der Waals surface area contributed by atoms with Crippen LogP contribution in [0.4, 0.5) is 13.9 Å². The van der Waals surface area contributed by atoms with Crippen LogP contribution in [0.5, 0.6) is 11.5 Å². The van der Waals surface area contributed by atoms with Crippen molar-refractivity contribution in [3.8, 4) is 22.8 Å². The molecule has 0 spiro atoms. The topological polar surface area (TPSA) is 136 Å². The summed E-state index contributed by atoms with van der Waals surface area (Å²) in [5, 5.41) is 9.36. The van der Waals surface area contributed by atoms with Crippen molar-refractivity contribution in [2.75, 3.05) is 71.2 Å². The predicted molar refractivity (Wildman–Crippen MR) is 238 cm³/mol. The van der Waals surface area contributed by atoms with Gasteiger partial charge in [0, 0.05) is 50.6 Å². The summed E-state index contributed by atoms with van der Waals surface area (Å²) in [7, 11) is 1.70. The van der Waals surface area contributed by atoms with Crippen molar-refractivity contribution >= 4 is 28.3 Å². The minimum atomic E-state index is -1.08. The van der Waals surface area contributed by atoms with Crippen LogP contribution in [0, 0.1) is 17.0 Å². The first-order chi connectivity index (χ1) is 30.4. The summed E-state index contributed by atoms with van der Waals surface area (Å²) in [4.78, 5) is 43.1. The fourth-order valence-electron chi connectivity index (χ4n) is 8.43. The number of carbonyl (C=O) groups excluding carboxylic acids is 2. The van der Waals surface area contributed by atoms with Gasteiger partial charge in [-0.05, 0) is 78.1 Å². The Balaban J connectivity index is 0.978. The van der Waals surface area contributed by atoms with Crippen molar-refractivity contribution in [1.29, 1.82) is 0 Å². The number of ether oxygens (including phenoxy) is 4. The number of aryl methyl sites for hydroxylation is 1. The van der Waals surface area contributed by atoms with Gasteiger partial charge >= 0.3 is 0 Å². The Morgan fingerprint density at radius 2 is 1.76 bits per heavy atom. The first-order valence-corrected chi connectivity index (χ1v) is 22.8. The third kappa shape index (κ3) is 11.5. The largest absolute Gasteiger partial charge is 0.491 e. The van der Waals surface area contributed by atoms with Crippen LogP contribution in [-0.4, -0.2) is 106 Å². The number of nitrogens with zero attached hydrogens (tertiary/aromatic N) is 3. The van der Waals surface area contributed by atoms with Crippen LogP contribution >= 0.6 is 11.3 Å². The molecule has 7 rings (SSSR count). The predicted octanol–water partition coefficient (Wildman–Crippen LogP) is 6.39. The molecule has 3 heterocycles. The molecule has 2 aliphatic heterocycles. The van der Waals surface area contributed by atoms with Crippen molar-refractivity contribution in [3.05, 3.63) is 93.9 Å². The first-order valence-electron chi connectivity index (χ1n) is 21.9. The van der Waals surface area contributed by atoms with E-state index in [1.165, 1.54) is 23.0 Å². The molecule has 0 bridgehead atoms. The molecule has 340 valence electrons. The monoisotopic (exact) mass is 890 g/mol. The third-order valence-electron chi connectivity index (χ3n) is 11.7. The lowest BCUT2D eigenvalue weighted by molar-refractivity contribution is -0.146. The number of morpholine rings is 1. The molecule has 4 aromatic rings. The number of fused-ring (bicyclic) bond motifs is 2. The summed E-state index contributed by atoms with van der Waals surface area (Å²) in [6.45, 7) is 11.7. The van der Waals surface area contributed by atoms with Crippen LogP contribution in [-0.2, 0) is 43.3 Å². The van der Waals surface area contributed by atoms with Gasteiger partial charge in [-0.25, -0.2) is 14.9 Å². The van der Waals surface area contributed by atoms with Gasteiger partial charge in [-0.3, -0.25) is 14.4 Å². The third-order valence-corrected chi connectivity index (χ3v) is 12.6. The molecule has 1 aliphatic carbocycles. The lowest BCUT2D eigenvalue weighted by atomic mass is 9.84. The van der Waals surface area contributed by atoms with E-state index in [4.69, 9.17) is 23.8 Å². The molecule has 0 radical (unpaired) electrons. The van der Waals surface area contributed by atoms with Crippen LogP contribution in [0.1, 0.15) is 68.8 Å². The average Bonchev–Trinajstić information content (AvgIpc) is 3.77. The van der Waals surface area contributed by atoms with Gasteiger partial charge in [0.05, 0.1) is 50.3 Å². The lowest BCUT2D eigenvalue weighted by Gasteiger charge is -2.42. The van der Waals surface area contributed by atoms with Gasteiger partial charge < -0.3 is 39.4 Å². The number of nitrogens with one attached hydrogen (secondary N) is 3. The summed E-state index contributed by atoms with van der Waals surface area (Å²) in [5.74, 6) is -2.04. The lowest BCUT2D eigenvalue weighted by Crippen LogP contribution is -2.60. The molecule has 1 saturated heterocycles. The van der Waals surface area contributed by atoms with Gasteiger partial charge in [-0.1, -0.05) is 51.1 Å². The van der Waals surface area contributed by atoms with Gasteiger partial charge in [0.2, 0.25) is 17.6 Å². The molecule has 13 nitrogen and oxygen atoms in total. The highest BCUT2D eigenvalue weighted by atomic mass is 32.1. The van der Waals surface area contributed by atoms with Gasteiger partial charge in [-0.2, -0.15) is 4.39 Å². The zero-order chi connectivity index (χ0) is 44.5. The molecule has 2 amide bonds. The molecule has 0 unspecified atom stereocenters. The van der Waals surface area contributed by atoms with E-state index in [-0.39, 0.29) is 62.7 Å². The maximum Gasteiger partial charge on any atom is 0.243 e. The van der Waals surface area contributed by atoms with E-state index >= 15 is 4.39 Å². The second-order valence-electron chi connectivity index (χ2n) is 17.3. The van der Waals surface area contributed by atoms with E-state index in [0.717, 1.165) is 47.2 Å². The van der Waals surface area contributed by atoms with Gasteiger partial charge in [0.1, 0.15) is 25.0 Å². The molecular weight excluding hydrogens is 831 g/mol. The summed E-state index contributed by atoms with van der Waals surface area (Å²) < 4.78 is 52.4. The SMILES string of the molecule is CNO[C@@H](C)CN[C@H](C(=O)N1Cc2cc(OCCOCCOc3c(-c4csc(N5CCOCC5)n4)ccc(F)c3F)ccc2C[C@H]1C(=O)N[C@@H]1CCCc2ccccc21)C(C)(C)C. The fourth-order valence-corrected chi connectivity index (χ4v) is 9.31. The Labute approximate surface area is 372 Å². The number of hydrogen-bond acceptors (Lipinski definition) is 12. The zero-order valence-electron chi connectivity index (χ0n) is 36.8. The van der Waals surface area contributed by atoms with Crippen molar-refractivity contribution in [1.82, 2.24) is 26.0 Å². The van der Waals surface area contributed by atoms with Gasteiger partial charge in [0.25, 0.3) is 0 Å². The molecule has 16 heteroatoms. The van der Waals surface area contributed by atoms with E-state index in [0.29, 0.717) is 56.3 Å². The number of anilines is 1. The Kier molecular flexibility index (Phi) is 15.7. The smallest absolute Gasteiger partial charge is 0.243 e. The molecule has 63 heavy (non-hydrogen) atoms. The zero-order valence-corrected chi connectivity index (χ0v) is 37.7. The number of carbonyl (C=O) groups is 2. The fraction of sp³-hybridized carbons (Fsp3) is 0.511. The van der Waals surface area contributed by atoms with Crippen molar-refractivity contribution in [2.45, 2.75) is 84.2 Å². The number of benzene rings is 3. The molecule has 3 aromatic carbocycles. The maximum atomic E-state index is 15.0. The number of aromatic nitrogens is 1. The molecule has 0 saturated carbocycles. The Hall–Kier alpha value is -4.71. The van der Waals surface area contributed by atoms with Crippen molar-refractivity contribution in [2.24, 2.45) is 5.41 Å². The van der Waals surface area contributed by atoms with E-state index in [1.54, 1.807) is 11.9 Å². The Morgan fingerprint density at radius 3 is 2.54 bits per heavy atom. The van der Waals surface area contributed by atoms with Gasteiger partial charge in [-0.15, -0.1) is 11.3 Å². The standard InChI is InChI=1S/C47H60F2N6O7S/c1-30(62-50-5)27-51-43(47(2,3)4)45(57)55-28-33-25-34(14-13-32(33)26-40(55)44(56)52-38-12-8-10-31-9-6-7-11-35(31)38)60-23-21-59-22-24-61-42-36(15-16-37(48)41(42)49)39-29-63-46(53-39)54-17-19-58-20-18-54/h6-7,9,11,13-16,25,29-30,38,40,43,50-51H,8,10,12,17-24,26-28H2,1-5H3,(H,52,56)/t30-,38+,40-,43+/m0/s1. The van der Waals surface area contributed by atoms with Crippen molar-refractivity contribution in [3.63, 3.8) is 0 Å². The Morgan fingerprint density at radius 1 is 0.984 bits per heavy atom. The second-order valence-corrected chi connectivity index (χ2v) is 18.1. The van der Waals surface area contributed by atoms with E-state index in [9.17, 15) is 14.0 Å². The Bertz CT molecular complexity index is 2180. The summed E-state index contributed by atoms with van der Waals surface area (Å²) >= 11 is 1.43. The number of amides is 2. The molecular formula is C47H60F2N6O7S. The van der Waals surface area contributed by atoms with Crippen LogP contribution in [0.2, 0.25) is 0 Å². The highest BCUT2D eigenvalue weighted by Gasteiger charge is 2.42. The number of hydroxylamine groups is 1. The number of thiazole rings is 1. The highest BCUT2D eigenvalue weighted by Crippen LogP contribution is 2.37. The molecule has 1 aromatic heterocycles. The first kappa shape index (κ1) is 46.3. The summed E-state index contributed by atoms with van der Waals surface area (Å²) in [6, 6.07) is 15.1. The van der Waals surface area contributed by atoms with Crippen molar-refractivity contribution < 1.29 is 42.2 Å². The second kappa shape index (κ2) is 21.3. The summed E-state index contributed by atoms with van der Waals surface area (Å²) in [6.07, 6.45) is 2.94. The summed E-state index contributed by atoms with van der Waals surface area (Å²) in [5.41, 5.74) is 7.36. The normalized spacial score (nSPS) is 18.6. The van der Waals surface area contributed by atoms with Crippen LogP contribution in [0.15, 0.2) is 60.0 Å². The average molecular weight is 891 g/mol. The molecule has 1 fully saturated rings. The maximum absolute atomic E-state index is 15.0. The molecule has 3 N–H and O–H groups in total. The van der Waals surface area contributed by atoms with E-state index in [1.807, 2.05) is 63.4 Å². The number of rotatable bonds is 18.